The molecule has 2 unspecified atom stereocenters. The number of aliphatic carboxylic acids is 1. The van der Waals surface area contributed by atoms with Crippen molar-refractivity contribution in [3.63, 3.8) is 0 Å². The largest absolute Gasteiger partial charge is 0.480 e. The summed E-state index contributed by atoms with van der Waals surface area (Å²) in [6.07, 6.45) is -0.233. The van der Waals surface area contributed by atoms with E-state index in [9.17, 15) is 19.7 Å². The van der Waals surface area contributed by atoms with E-state index in [-0.39, 0.29) is 29.5 Å². The van der Waals surface area contributed by atoms with Crippen molar-refractivity contribution in [2.24, 2.45) is 0 Å². The van der Waals surface area contributed by atoms with Crippen molar-refractivity contribution in [3.8, 4) is 0 Å². The average Bonchev–Trinajstić information content (AvgIpc) is 2.61. The quantitative estimate of drug-likeness (QED) is 0.397. The normalized spacial score (nSPS) is 18.3. The van der Waals surface area contributed by atoms with Crippen LogP contribution in [0, 0.1) is 10.1 Å². The van der Waals surface area contributed by atoms with E-state index >= 15 is 0 Å². The third-order valence-electron chi connectivity index (χ3n) is 4.08. The third kappa shape index (κ3) is 6.49. The van der Waals surface area contributed by atoms with Crippen molar-refractivity contribution in [1.29, 1.82) is 0 Å². The SMILES string of the molecule is CC(Sc1ccc([N+](=O)[O-])cc1)C(=O)N1CCOC(CN(C)CC(=O)O)C1. The lowest BCUT2D eigenvalue weighted by atomic mass is 10.2. The van der Waals surface area contributed by atoms with Crippen molar-refractivity contribution >= 4 is 29.3 Å². The molecule has 1 aromatic rings. The minimum absolute atomic E-state index is 0.0137. The van der Waals surface area contributed by atoms with Gasteiger partial charge in [-0.3, -0.25) is 24.6 Å². The number of nitro groups is 1. The van der Waals surface area contributed by atoms with Gasteiger partial charge in [-0.05, 0) is 26.1 Å². The zero-order valence-corrected chi connectivity index (χ0v) is 16.1. The average molecular weight is 397 g/mol. The van der Waals surface area contributed by atoms with Crippen LogP contribution in [-0.4, -0.2) is 82.9 Å². The standard InChI is InChI=1S/C17H23N3O6S/c1-12(27-15-5-3-13(4-6-15)20(24)25)17(23)19-7-8-26-14(10-19)9-18(2)11-16(21)22/h3-6,12,14H,7-11H2,1-2H3,(H,21,22). The number of carbonyl (C=O) groups excluding carboxylic acids is 1. The van der Waals surface area contributed by atoms with E-state index in [4.69, 9.17) is 9.84 Å². The van der Waals surface area contributed by atoms with Gasteiger partial charge in [0.15, 0.2) is 0 Å². The molecule has 0 spiro atoms. The van der Waals surface area contributed by atoms with Crippen LogP contribution < -0.4 is 0 Å². The lowest BCUT2D eigenvalue weighted by molar-refractivity contribution is -0.384. The summed E-state index contributed by atoms with van der Waals surface area (Å²) in [5, 5.41) is 19.2. The highest BCUT2D eigenvalue weighted by Gasteiger charge is 2.28. The number of morpholine rings is 1. The van der Waals surface area contributed by atoms with Crippen molar-refractivity contribution in [1.82, 2.24) is 9.80 Å². The van der Waals surface area contributed by atoms with Crippen LogP contribution in [0.1, 0.15) is 6.92 Å². The molecule has 0 saturated carbocycles. The third-order valence-corrected chi connectivity index (χ3v) is 5.18. The van der Waals surface area contributed by atoms with Crippen LogP contribution >= 0.6 is 11.8 Å². The van der Waals surface area contributed by atoms with E-state index < -0.39 is 10.9 Å². The summed E-state index contributed by atoms with van der Waals surface area (Å²) >= 11 is 1.35. The zero-order valence-electron chi connectivity index (χ0n) is 15.2. The van der Waals surface area contributed by atoms with Crippen molar-refractivity contribution in [2.75, 3.05) is 39.8 Å². The zero-order chi connectivity index (χ0) is 20.0. The molecule has 1 N–H and O–H groups in total. The van der Waals surface area contributed by atoms with Crippen LogP contribution in [0.15, 0.2) is 29.2 Å². The van der Waals surface area contributed by atoms with Crippen LogP contribution in [0.3, 0.4) is 0 Å². The number of non-ortho nitro benzene ring substituents is 1. The number of carbonyl (C=O) groups is 2. The molecule has 1 saturated heterocycles. The van der Waals surface area contributed by atoms with Crippen molar-refractivity contribution < 1.29 is 24.4 Å². The Labute approximate surface area is 161 Å². The number of rotatable bonds is 8. The second-order valence-corrected chi connectivity index (χ2v) is 7.79. The molecule has 1 aromatic carbocycles. The van der Waals surface area contributed by atoms with E-state index in [2.05, 4.69) is 0 Å². The monoisotopic (exact) mass is 397 g/mol. The number of benzene rings is 1. The Morgan fingerprint density at radius 2 is 2.11 bits per heavy atom. The topological polar surface area (TPSA) is 113 Å². The number of amides is 1. The predicted octanol–water partition coefficient (Wildman–Crippen LogP) is 1.32. The highest BCUT2D eigenvalue weighted by Crippen LogP contribution is 2.27. The molecule has 1 aliphatic rings. The van der Waals surface area contributed by atoms with Gasteiger partial charge >= 0.3 is 5.97 Å². The summed E-state index contributed by atoms with van der Waals surface area (Å²) in [4.78, 5) is 37.9. The molecule has 0 aromatic heterocycles. The van der Waals surface area contributed by atoms with Gasteiger partial charge in [-0.25, -0.2) is 0 Å². The number of ether oxygens (including phenoxy) is 1. The van der Waals surface area contributed by atoms with Gasteiger partial charge in [-0.2, -0.15) is 0 Å². The molecular formula is C17H23N3O6S. The summed E-state index contributed by atoms with van der Waals surface area (Å²) in [6.45, 7) is 3.46. The number of hydrogen-bond acceptors (Lipinski definition) is 7. The van der Waals surface area contributed by atoms with Gasteiger partial charge in [0.05, 0.1) is 29.4 Å². The highest BCUT2D eigenvalue weighted by atomic mass is 32.2. The smallest absolute Gasteiger partial charge is 0.317 e. The van der Waals surface area contributed by atoms with Crippen LogP contribution in [0.2, 0.25) is 0 Å². The maximum atomic E-state index is 12.7. The molecule has 148 valence electrons. The maximum Gasteiger partial charge on any atom is 0.317 e. The molecule has 9 nitrogen and oxygen atoms in total. The molecule has 0 bridgehead atoms. The number of likely N-dealkylation sites (N-methyl/N-ethyl adjacent to an activating group) is 1. The van der Waals surface area contributed by atoms with Crippen LogP contribution in [0.4, 0.5) is 5.69 Å². The van der Waals surface area contributed by atoms with Gasteiger partial charge in [0.1, 0.15) is 0 Å². The van der Waals surface area contributed by atoms with Crippen molar-refractivity contribution in [3.05, 3.63) is 34.4 Å². The number of carboxylic acids is 1. The van der Waals surface area contributed by atoms with Crippen LogP contribution in [0.25, 0.3) is 0 Å². The summed E-state index contributed by atoms with van der Waals surface area (Å²) in [5.74, 6) is -0.943. The number of hydrogen-bond donors (Lipinski definition) is 1. The minimum Gasteiger partial charge on any atom is -0.480 e. The second-order valence-electron chi connectivity index (χ2n) is 6.38. The molecule has 1 amide bonds. The summed E-state index contributed by atoms with van der Waals surface area (Å²) < 4.78 is 5.65. The minimum atomic E-state index is -0.908. The second kappa shape index (κ2) is 9.67. The summed E-state index contributed by atoms with van der Waals surface area (Å²) in [5.41, 5.74) is 0.0137. The van der Waals surface area contributed by atoms with Gasteiger partial charge in [-0.15, -0.1) is 11.8 Å². The van der Waals surface area contributed by atoms with E-state index in [1.165, 1.54) is 23.9 Å². The number of nitro benzene ring substituents is 1. The van der Waals surface area contributed by atoms with E-state index in [1.807, 2.05) is 0 Å². The van der Waals surface area contributed by atoms with Crippen molar-refractivity contribution in [2.45, 2.75) is 23.2 Å². The molecule has 0 radical (unpaired) electrons. The first-order valence-corrected chi connectivity index (χ1v) is 9.36. The fraction of sp³-hybridized carbons (Fsp3) is 0.529. The Balaban J connectivity index is 1.89. The van der Waals surface area contributed by atoms with E-state index in [0.29, 0.717) is 26.2 Å². The maximum absolute atomic E-state index is 12.7. The van der Waals surface area contributed by atoms with Gasteiger partial charge in [-0.1, -0.05) is 0 Å². The van der Waals surface area contributed by atoms with E-state index in [0.717, 1.165) is 4.90 Å². The number of nitrogens with zero attached hydrogens (tertiary/aromatic N) is 3. The van der Waals surface area contributed by atoms with Crippen LogP contribution in [-0.2, 0) is 14.3 Å². The fourth-order valence-corrected chi connectivity index (χ4v) is 3.78. The molecular weight excluding hydrogens is 374 g/mol. The molecule has 2 rings (SSSR count). The molecule has 1 heterocycles. The highest BCUT2D eigenvalue weighted by molar-refractivity contribution is 8.00. The first-order valence-electron chi connectivity index (χ1n) is 8.48. The van der Waals surface area contributed by atoms with Gasteiger partial charge in [0.25, 0.3) is 5.69 Å². The predicted molar refractivity (Wildman–Crippen MR) is 99.9 cm³/mol. The Morgan fingerprint density at radius 3 is 2.70 bits per heavy atom. The molecule has 27 heavy (non-hydrogen) atoms. The Morgan fingerprint density at radius 1 is 1.44 bits per heavy atom. The van der Waals surface area contributed by atoms with E-state index in [1.54, 1.807) is 35.9 Å². The Hall–Kier alpha value is -2.17. The number of carboxylic acid groups (broad SMARTS) is 1. The fourth-order valence-electron chi connectivity index (χ4n) is 2.83. The summed E-state index contributed by atoms with van der Waals surface area (Å²) in [7, 11) is 1.70. The Kier molecular flexibility index (Phi) is 7.57. The molecule has 1 fully saturated rings. The molecule has 1 aliphatic heterocycles. The van der Waals surface area contributed by atoms with Gasteiger partial charge < -0.3 is 14.7 Å². The Bertz CT molecular complexity index is 684. The number of thioether (sulfide) groups is 1. The lowest BCUT2D eigenvalue weighted by Gasteiger charge is -2.35. The first-order chi connectivity index (χ1) is 12.8. The molecule has 0 aliphatic carbocycles. The molecule has 2 atom stereocenters. The summed E-state index contributed by atoms with van der Waals surface area (Å²) in [6, 6.07) is 6.11. The lowest BCUT2D eigenvalue weighted by Crippen LogP contribution is -2.51. The van der Waals surface area contributed by atoms with Gasteiger partial charge in [0.2, 0.25) is 5.91 Å². The first kappa shape index (κ1) is 21.1. The molecule has 10 heteroatoms. The van der Waals surface area contributed by atoms with Crippen LogP contribution in [0.5, 0.6) is 0 Å². The van der Waals surface area contributed by atoms with Gasteiger partial charge in [0, 0.05) is 36.7 Å².